The fourth-order valence-electron chi connectivity index (χ4n) is 2.67. The molecule has 0 radical (unpaired) electrons. The van der Waals surface area contributed by atoms with Gasteiger partial charge in [-0.3, -0.25) is 0 Å². The van der Waals surface area contributed by atoms with Gasteiger partial charge in [-0.15, -0.1) is 0 Å². The van der Waals surface area contributed by atoms with Gasteiger partial charge in [0, 0.05) is 31.4 Å². The van der Waals surface area contributed by atoms with Crippen molar-refractivity contribution in [3.63, 3.8) is 0 Å². The van der Waals surface area contributed by atoms with Crippen LogP contribution in [-0.4, -0.2) is 26.1 Å². The lowest BCUT2D eigenvalue weighted by Crippen LogP contribution is -2.09. The van der Waals surface area contributed by atoms with Gasteiger partial charge in [0.05, 0.1) is 11.0 Å². The van der Waals surface area contributed by atoms with Crippen molar-refractivity contribution in [2.24, 2.45) is 7.05 Å². The molecule has 0 saturated heterocycles. The van der Waals surface area contributed by atoms with Gasteiger partial charge in [-0.25, -0.2) is 15.0 Å². The molecule has 0 aliphatic carbocycles. The molecule has 22 heavy (non-hydrogen) atoms. The molecule has 1 N–H and O–H groups in total. The van der Waals surface area contributed by atoms with Crippen LogP contribution in [0.25, 0.3) is 11.0 Å². The van der Waals surface area contributed by atoms with Crippen molar-refractivity contribution < 1.29 is 0 Å². The van der Waals surface area contributed by atoms with Gasteiger partial charge in [-0.05, 0) is 38.5 Å². The molecular weight excluding hydrogens is 274 g/mol. The van der Waals surface area contributed by atoms with E-state index in [1.54, 1.807) is 0 Å². The molecule has 2 heterocycles. The minimum atomic E-state index is 0.711. The van der Waals surface area contributed by atoms with E-state index in [0.717, 1.165) is 42.1 Å². The van der Waals surface area contributed by atoms with Gasteiger partial charge >= 0.3 is 0 Å². The molecule has 0 aliphatic heterocycles. The number of aryl methyl sites for hydroxylation is 4. The SMILES string of the molecule is Cc1cc(C)nc(NCCCc2nc3ccccc3n2C)n1. The van der Waals surface area contributed by atoms with Gasteiger partial charge in [0.2, 0.25) is 5.95 Å². The second kappa shape index (κ2) is 6.13. The van der Waals surface area contributed by atoms with Crippen LogP contribution in [-0.2, 0) is 13.5 Å². The van der Waals surface area contributed by atoms with E-state index in [9.17, 15) is 0 Å². The first-order chi connectivity index (χ1) is 10.6. The maximum Gasteiger partial charge on any atom is 0.223 e. The van der Waals surface area contributed by atoms with E-state index in [1.807, 2.05) is 32.0 Å². The average Bonchev–Trinajstić information content (AvgIpc) is 2.80. The lowest BCUT2D eigenvalue weighted by Gasteiger charge is -2.06. The maximum atomic E-state index is 4.69. The van der Waals surface area contributed by atoms with E-state index in [-0.39, 0.29) is 0 Å². The van der Waals surface area contributed by atoms with E-state index in [0.29, 0.717) is 5.95 Å². The number of nitrogens with one attached hydrogen (secondary N) is 1. The highest BCUT2D eigenvalue weighted by atomic mass is 15.1. The summed E-state index contributed by atoms with van der Waals surface area (Å²) in [6.07, 6.45) is 1.93. The number of hydrogen-bond donors (Lipinski definition) is 1. The second-order valence-electron chi connectivity index (χ2n) is 5.58. The van der Waals surface area contributed by atoms with E-state index in [4.69, 9.17) is 0 Å². The summed E-state index contributed by atoms with van der Waals surface area (Å²) in [4.78, 5) is 13.5. The summed E-state index contributed by atoms with van der Waals surface area (Å²) in [5.74, 6) is 1.83. The summed E-state index contributed by atoms with van der Waals surface area (Å²) in [6, 6.07) is 10.2. The van der Waals surface area contributed by atoms with Crippen LogP contribution in [0.4, 0.5) is 5.95 Å². The minimum absolute atomic E-state index is 0.711. The monoisotopic (exact) mass is 295 g/mol. The number of nitrogens with zero attached hydrogens (tertiary/aromatic N) is 4. The predicted octanol–water partition coefficient (Wildman–Crippen LogP) is 3.02. The maximum absolute atomic E-state index is 4.69. The van der Waals surface area contributed by atoms with E-state index < -0.39 is 0 Å². The molecule has 0 atom stereocenters. The van der Waals surface area contributed by atoms with Gasteiger partial charge in [0.15, 0.2) is 0 Å². The van der Waals surface area contributed by atoms with Crippen LogP contribution in [0.1, 0.15) is 23.6 Å². The predicted molar refractivity (Wildman–Crippen MR) is 89.0 cm³/mol. The van der Waals surface area contributed by atoms with Crippen LogP contribution >= 0.6 is 0 Å². The molecule has 5 nitrogen and oxygen atoms in total. The van der Waals surface area contributed by atoms with Gasteiger partial charge in [-0.2, -0.15) is 0 Å². The molecule has 0 aliphatic rings. The molecule has 0 fully saturated rings. The normalized spacial score (nSPS) is 11.0. The van der Waals surface area contributed by atoms with Crippen LogP contribution in [0.15, 0.2) is 30.3 Å². The fraction of sp³-hybridized carbons (Fsp3) is 0.353. The third-order valence-corrected chi connectivity index (χ3v) is 3.72. The zero-order valence-electron chi connectivity index (χ0n) is 13.3. The fourth-order valence-corrected chi connectivity index (χ4v) is 2.67. The number of benzene rings is 1. The van der Waals surface area contributed by atoms with E-state index in [1.165, 1.54) is 5.52 Å². The first-order valence-electron chi connectivity index (χ1n) is 7.60. The quantitative estimate of drug-likeness (QED) is 0.735. The van der Waals surface area contributed by atoms with Crippen molar-refractivity contribution in [2.75, 3.05) is 11.9 Å². The van der Waals surface area contributed by atoms with E-state index in [2.05, 4.69) is 44.0 Å². The molecular formula is C17H21N5. The van der Waals surface area contributed by atoms with Crippen molar-refractivity contribution in [1.82, 2.24) is 19.5 Å². The lowest BCUT2D eigenvalue weighted by molar-refractivity contribution is 0.750. The van der Waals surface area contributed by atoms with Gasteiger partial charge < -0.3 is 9.88 Å². The number of anilines is 1. The molecule has 3 rings (SSSR count). The topological polar surface area (TPSA) is 55.6 Å². The molecule has 0 saturated carbocycles. The van der Waals surface area contributed by atoms with Gasteiger partial charge in [0.1, 0.15) is 5.82 Å². The van der Waals surface area contributed by atoms with Crippen LogP contribution in [0.3, 0.4) is 0 Å². The Morgan fingerprint density at radius 2 is 1.77 bits per heavy atom. The van der Waals surface area contributed by atoms with Crippen LogP contribution < -0.4 is 5.32 Å². The first kappa shape index (κ1) is 14.5. The highest BCUT2D eigenvalue weighted by Crippen LogP contribution is 2.15. The summed E-state index contributed by atoms with van der Waals surface area (Å²) in [6.45, 7) is 4.81. The van der Waals surface area contributed by atoms with Crippen molar-refractivity contribution in [3.8, 4) is 0 Å². The molecule has 0 unspecified atom stereocenters. The zero-order valence-corrected chi connectivity index (χ0v) is 13.3. The summed E-state index contributed by atoms with van der Waals surface area (Å²) < 4.78 is 2.17. The molecule has 3 aromatic rings. The number of rotatable bonds is 5. The lowest BCUT2D eigenvalue weighted by atomic mass is 10.3. The standard InChI is InChI=1S/C17H21N5/c1-12-11-13(2)20-17(19-12)18-10-6-9-16-21-14-7-4-5-8-15(14)22(16)3/h4-5,7-8,11H,6,9-10H2,1-3H3,(H,18,19,20). The largest absolute Gasteiger partial charge is 0.354 e. The molecule has 1 aromatic carbocycles. The Morgan fingerprint density at radius 3 is 2.50 bits per heavy atom. The molecule has 5 heteroatoms. The van der Waals surface area contributed by atoms with Crippen molar-refractivity contribution in [2.45, 2.75) is 26.7 Å². The minimum Gasteiger partial charge on any atom is -0.354 e. The smallest absolute Gasteiger partial charge is 0.223 e. The Kier molecular flexibility index (Phi) is 4.04. The molecule has 0 spiro atoms. The van der Waals surface area contributed by atoms with E-state index >= 15 is 0 Å². The molecule has 0 bridgehead atoms. The first-order valence-corrected chi connectivity index (χ1v) is 7.60. The molecule has 114 valence electrons. The Morgan fingerprint density at radius 1 is 1.05 bits per heavy atom. The summed E-state index contributed by atoms with van der Waals surface area (Å²) in [5.41, 5.74) is 4.23. The summed E-state index contributed by atoms with van der Waals surface area (Å²) >= 11 is 0. The number of para-hydroxylation sites is 2. The van der Waals surface area contributed by atoms with Crippen molar-refractivity contribution in [3.05, 3.63) is 47.5 Å². The Bertz CT molecular complexity index is 771. The summed E-state index contributed by atoms with van der Waals surface area (Å²) in [7, 11) is 2.07. The Balaban J connectivity index is 1.59. The molecule has 2 aromatic heterocycles. The van der Waals surface area contributed by atoms with Crippen molar-refractivity contribution >= 4 is 17.0 Å². The second-order valence-corrected chi connectivity index (χ2v) is 5.58. The average molecular weight is 295 g/mol. The third-order valence-electron chi connectivity index (χ3n) is 3.72. The highest BCUT2D eigenvalue weighted by molar-refractivity contribution is 5.75. The van der Waals surface area contributed by atoms with Crippen LogP contribution in [0.2, 0.25) is 0 Å². The van der Waals surface area contributed by atoms with Crippen LogP contribution in [0, 0.1) is 13.8 Å². The van der Waals surface area contributed by atoms with Gasteiger partial charge in [0.25, 0.3) is 0 Å². The van der Waals surface area contributed by atoms with Gasteiger partial charge in [-0.1, -0.05) is 12.1 Å². The number of aromatic nitrogens is 4. The van der Waals surface area contributed by atoms with Crippen LogP contribution in [0.5, 0.6) is 0 Å². The Hall–Kier alpha value is -2.43. The Labute approximate surface area is 130 Å². The number of imidazole rings is 1. The highest BCUT2D eigenvalue weighted by Gasteiger charge is 2.06. The van der Waals surface area contributed by atoms with Crippen molar-refractivity contribution in [1.29, 1.82) is 0 Å². The molecule has 0 amide bonds. The zero-order chi connectivity index (χ0) is 15.5. The summed E-state index contributed by atoms with van der Waals surface area (Å²) in [5, 5.41) is 3.29. The third kappa shape index (κ3) is 3.08. The number of fused-ring (bicyclic) bond motifs is 1. The number of hydrogen-bond acceptors (Lipinski definition) is 4.